The van der Waals surface area contributed by atoms with Crippen molar-refractivity contribution in [3.05, 3.63) is 0 Å². The van der Waals surface area contributed by atoms with Crippen LogP contribution in [0.15, 0.2) is 0 Å². The molecule has 1 aliphatic carbocycles. The van der Waals surface area contributed by atoms with E-state index in [1.54, 1.807) is 0 Å². The van der Waals surface area contributed by atoms with Crippen LogP contribution < -0.4 is 0 Å². The Morgan fingerprint density at radius 2 is 1.41 bits per heavy atom. The molecule has 27 heavy (non-hydrogen) atoms. The first-order valence-electron chi connectivity index (χ1n) is 8.37. The molecule has 1 N–H and O–H groups in total. The number of hydrogen-bond donors (Lipinski definition) is 1. The molecule has 0 bridgehead atoms. The molecular formula is C17H26FNO8. The molecule has 2 amide bonds. The minimum atomic E-state index is -3.11. The predicted octanol–water partition coefficient (Wildman–Crippen LogP) is 2.66. The summed E-state index contributed by atoms with van der Waals surface area (Å²) in [5.41, 5.74) is -8.16. The number of nitrogens with zero attached hydrogens (tertiary/aromatic N) is 1. The van der Waals surface area contributed by atoms with Gasteiger partial charge in [-0.15, -0.1) is 0 Å². The molecule has 1 rings (SSSR count). The highest BCUT2D eigenvalue weighted by Crippen LogP contribution is 2.57. The van der Waals surface area contributed by atoms with E-state index >= 15 is 4.39 Å². The second-order valence-corrected chi connectivity index (χ2v) is 8.16. The lowest BCUT2D eigenvalue weighted by molar-refractivity contribution is -0.159. The van der Waals surface area contributed by atoms with Crippen LogP contribution in [0.5, 0.6) is 0 Å². The van der Waals surface area contributed by atoms with Crippen LogP contribution >= 0.6 is 0 Å². The molecule has 10 heteroatoms. The molecular weight excluding hydrogens is 365 g/mol. The fourth-order valence-corrected chi connectivity index (χ4v) is 2.39. The number of imide groups is 1. The number of amides is 2. The minimum Gasteiger partial charge on any atom is -0.479 e. The van der Waals surface area contributed by atoms with Crippen LogP contribution in [0.25, 0.3) is 0 Å². The summed E-state index contributed by atoms with van der Waals surface area (Å²) in [5.74, 6) is -3.38. The van der Waals surface area contributed by atoms with Crippen molar-refractivity contribution in [2.45, 2.75) is 77.3 Å². The van der Waals surface area contributed by atoms with E-state index in [-0.39, 0.29) is 11.5 Å². The van der Waals surface area contributed by atoms with Gasteiger partial charge in [0.1, 0.15) is 11.2 Å². The van der Waals surface area contributed by atoms with Gasteiger partial charge in [0.2, 0.25) is 11.2 Å². The van der Waals surface area contributed by atoms with Crippen molar-refractivity contribution in [2.75, 3.05) is 6.61 Å². The van der Waals surface area contributed by atoms with Gasteiger partial charge in [0, 0.05) is 6.42 Å². The van der Waals surface area contributed by atoms with E-state index in [9.17, 15) is 24.3 Å². The lowest BCUT2D eigenvalue weighted by atomic mass is 10.1. The van der Waals surface area contributed by atoms with Gasteiger partial charge in [0.05, 0.1) is 6.61 Å². The smallest absolute Gasteiger partial charge is 0.421 e. The topological polar surface area (TPSA) is 119 Å². The zero-order chi connectivity index (χ0) is 21.4. The van der Waals surface area contributed by atoms with E-state index in [0.29, 0.717) is 0 Å². The Kier molecular flexibility index (Phi) is 5.85. The Morgan fingerprint density at radius 1 is 1.00 bits per heavy atom. The first-order valence-corrected chi connectivity index (χ1v) is 8.37. The maximum atomic E-state index is 15.2. The quantitative estimate of drug-likeness (QED) is 0.574. The standard InChI is InChI=1S/C17H26FNO8/c1-8-25-11(22)16(18)9-17(16,10(20)21)19(12(23)26-14(2,3)4)13(24)27-15(5,6)7/h8-9H2,1-7H3,(H,20,21)/t16-,17-/m1/s1. The molecule has 0 saturated heterocycles. The number of alkyl halides is 1. The van der Waals surface area contributed by atoms with Gasteiger partial charge in [-0.1, -0.05) is 0 Å². The number of carbonyl (C=O) groups is 4. The average Bonchev–Trinajstić information content (AvgIpc) is 3.03. The number of ether oxygens (including phenoxy) is 3. The molecule has 0 unspecified atom stereocenters. The third-order valence-corrected chi connectivity index (χ3v) is 3.52. The Hall–Kier alpha value is -2.39. The van der Waals surface area contributed by atoms with Crippen LogP contribution in [0.4, 0.5) is 14.0 Å². The Bertz CT molecular complexity index is 622. The summed E-state index contributed by atoms with van der Waals surface area (Å²) >= 11 is 0. The van der Waals surface area contributed by atoms with E-state index in [1.165, 1.54) is 48.5 Å². The molecule has 1 saturated carbocycles. The van der Waals surface area contributed by atoms with Crippen LogP contribution in [0.1, 0.15) is 54.9 Å². The van der Waals surface area contributed by atoms with Gasteiger partial charge in [-0.2, -0.15) is 4.90 Å². The second-order valence-electron chi connectivity index (χ2n) is 8.16. The first-order chi connectivity index (χ1) is 12.0. The van der Waals surface area contributed by atoms with Crippen molar-refractivity contribution in [3.63, 3.8) is 0 Å². The molecule has 0 heterocycles. The number of halogens is 1. The van der Waals surface area contributed by atoms with Gasteiger partial charge in [0.15, 0.2) is 0 Å². The second kappa shape index (κ2) is 6.97. The molecule has 0 spiro atoms. The maximum Gasteiger partial charge on any atom is 0.421 e. The summed E-state index contributed by atoms with van der Waals surface area (Å²) in [7, 11) is 0. The van der Waals surface area contributed by atoms with E-state index in [2.05, 4.69) is 4.74 Å². The number of carboxylic acids is 1. The van der Waals surface area contributed by atoms with Crippen LogP contribution in [0, 0.1) is 0 Å². The number of carbonyl (C=O) groups excluding carboxylic acids is 3. The summed E-state index contributed by atoms with van der Waals surface area (Å²) in [5, 5.41) is 9.62. The van der Waals surface area contributed by atoms with Crippen molar-refractivity contribution < 1.29 is 42.9 Å². The predicted molar refractivity (Wildman–Crippen MR) is 89.8 cm³/mol. The number of carboxylic acid groups (broad SMARTS) is 1. The van der Waals surface area contributed by atoms with Crippen molar-refractivity contribution in [1.29, 1.82) is 0 Å². The highest BCUT2D eigenvalue weighted by atomic mass is 19.1. The lowest BCUT2D eigenvalue weighted by Crippen LogP contribution is -2.58. The van der Waals surface area contributed by atoms with E-state index in [4.69, 9.17) is 9.47 Å². The summed E-state index contributed by atoms with van der Waals surface area (Å²) in [4.78, 5) is 49.0. The third kappa shape index (κ3) is 4.48. The van der Waals surface area contributed by atoms with Crippen LogP contribution in [-0.2, 0) is 23.8 Å². The summed E-state index contributed by atoms with van der Waals surface area (Å²) in [6.45, 7) is 10.1. The van der Waals surface area contributed by atoms with Gasteiger partial charge >= 0.3 is 24.1 Å². The van der Waals surface area contributed by atoms with Gasteiger partial charge in [-0.25, -0.2) is 23.6 Å². The molecule has 0 aromatic heterocycles. The SMILES string of the molecule is CCOC(=O)[C@]1(F)C[C@]1(C(=O)O)N(C(=O)OC(C)(C)C)C(=O)OC(C)(C)C. The fraction of sp³-hybridized carbons (Fsp3) is 0.765. The van der Waals surface area contributed by atoms with Crippen molar-refractivity contribution in [2.24, 2.45) is 0 Å². The molecule has 2 atom stereocenters. The largest absolute Gasteiger partial charge is 0.479 e. The molecule has 154 valence electrons. The van der Waals surface area contributed by atoms with Gasteiger partial charge < -0.3 is 19.3 Å². The van der Waals surface area contributed by atoms with Crippen molar-refractivity contribution >= 4 is 24.1 Å². The highest BCUT2D eigenvalue weighted by molar-refractivity contribution is 6.06. The third-order valence-electron chi connectivity index (χ3n) is 3.52. The minimum absolute atomic E-state index is 0.0166. The zero-order valence-corrected chi connectivity index (χ0v) is 16.5. The maximum absolute atomic E-state index is 15.2. The Labute approximate surface area is 156 Å². The zero-order valence-electron chi connectivity index (χ0n) is 16.5. The fourth-order valence-electron chi connectivity index (χ4n) is 2.39. The summed E-state index contributed by atoms with van der Waals surface area (Å²) in [6.07, 6.45) is -3.85. The van der Waals surface area contributed by atoms with Crippen molar-refractivity contribution in [3.8, 4) is 0 Å². The Morgan fingerprint density at radius 3 is 1.70 bits per heavy atom. The van der Waals surface area contributed by atoms with Crippen LogP contribution in [-0.4, -0.2) is 63.1 Å². The molecule has 0 aliphatic heterocycles. The Balaban J connectivity index is 3.43. The summed E-state index contributed by atoms with van der Waals surface area (Å²) < 4.78 is 29.9. The van der Waals surface area contributed by atoms with Gasteiger partial charge in [-0.3, -0.25) is 0 Å². The van der Waals surface area contributed by atoms with Gasteiger partial charge in [-0.05, 0) is 48.5 Å². The number of rotatable bonds is 4. The van der Waals surface area contributed by atoms with Crippen LogP contribution in [0.3, 0.4) is 0 Å². The highest BCUT2D eigenvalue weighted by Gasteiger charge is 2.85. The molecule has 0 aromatic rings. The number of hydrogen-bond acceptors (Lipinski definition) is 7. The summed E-state index contributed by atoms with van der Waals surface area (Å²) in [6, 6.07) is 0. The van der Waals surface area contributed by atoms with Gasteiger partial charge in [0.25, 0.3) is 0 Å². The van der Waals surface area contributed by atoms with E-state index in [1.807, 2.05) is 0 Å². The molecule has 9 nitrogen and oxygen atoms in total. The number of aliphatic carboxylic acids is 1. The molecule has 1 aliphatic rings. The molecule has 1 fully saturated rings. The molecule has 0 radical (unpaired) electrons. The first kappa shape index (κ1) is 22.7. The van der Waals surface area contributed by atoms with Crippen LogP contribution in [0.2, 0.25) is 0 Å². The van der Waals surface area contributed by atoms with E-state index < -0.39 is 53.0 Å². The molecule has 0 aromatic carbocycles. The average molecular weight is 391 g/mol. The van der Waals surface area contributed by atoms with E-state index in [0.717, 1.165) is 0 Å². The number of esters is 1. The monoisotopic (exact) mass is 391 g/mol. The lowest BCUT2D eigenvalue weighted by Gasteiger charge is -2.32. The normalized spacial score (nSPS) is 24.6. The van der Waals surface area contributed by atoms with Crippen molar-refractivity contribution in [1.82, 2.24) is 4.90 Å².